The molecular weight excluding hydrogens is 351 g/mol. The molecule has 1 N–H and O–H groups in total. The Balaban J connectivity index is 2.39. The van der Waals surface area contributed by atoms with E-state index in [1.54, 1.807) is 0 Å². The number of carbonyl (C=O) groups excluding carboxylic acids is 2. The number of nitrogens with one attached hydrogen (secondary N) is 1. The molecule has 7 nitrogen and oxygen atoms in total. The van der Waals surface area contributed by atoms with Crippen LogP contribution in [-0.4, -0.2) is 50.8 Å². The minimum atomic E-state index is -4.12. The zero-order valence-electron chi connectivity index (χ0n) is 12.1. The van der Waals surface area contributed by atoms with Crippen LogP contribution >= 0.6 is 11.6 Å². The first-order valence-electron chi connectivity index (χ1n) is 6.59. The molecule has 23 heavy (non-hydrogen) atoms. The summed E-state index contributed by atoms with van der Waals surface area (Å²) in [5.74, 6) is -2.07. The number of hydrogen-bond acceptors (Lipinski definition) is 5. The van der Waals surface area contributed by atoms with Crippen molar-refractivity contribution < 1.29 is 27.1 Å². The second kappa shape index (κ2) is 6.81. The van der Waals surface area contributed by atoms with Crippen molar-refractivity contribution in [2.75, 3.05) is 20.2 Å². The Labute approximate surface area is 137 Å². The van der Waals surface area contributed by atoms with Crippen molar-refractivity contribution in [1.82, 2.24) is 9.62 Å². The van der Waals surface area contributed by atoms with Crippen LogP contribution in [0.25, 0.3) is 0 Å². The normalized spacial score (nSPS) is 19.3. The molecule has 1 saturated heterocycles. The van der Waals surface area contributed by atoms with Crippen molar-refractivity contribution >= 4 is 33.5 Å². The van der Waals surface area contributed by atoms with Crippen LogP contribution in [0, 0.1) is 5.82 Å². The summed E-state index contributed by atoms with van der Waals surface area (Å²) in [5, 5.41) is 2.15. The monoisotopic (exact) mass is 364 g/mol. The van der Waals surface area contributed by atoms with E-state index >= 15 is 0 Å². The van der Waals surface area contributed by atoms with Crippen LogP contribution in [0.2, 0.25) is 5.02 Å². The number of methoxy groups -OCH3 is 1. The number of amides is 1. The zero-order valence-corrected chi connectivity index (χ0v) is 13.7. The number of benzene rings is 1. The minimum absolute atomic E-state index is 0.0231. The van der Waals surface area contributed by atoms with Gasteiger partial charge in [-0.3, -0.25) is 9.59 Å². The minimum Gasteiger partial charge on any atom is -0.469 e. The molecule has 1 atom stereocenters. The van der Waals surface area contributed by atoms with E-state index in [1.807, 2.05) is 0 Å². The van der Waals surface area contributed by atoms with Gasteiger partial charge in [-0.1, -0.05) is 11.6 Å². The Morgan fingerprint density at radius 2 is 2.22 bits per heavy atom. The van der Waals surface area contributed by atoms with Gasteiger partial charge in [0.15, 0.2) is 0 Å². The average Bonchev–Trinajstić information content (AvgIpc) is 2.51. The fourth-order valence-corrected chi connectivity index (χ4v) is 4.05. The number of sulfonamides is 1. The van der Waals surface area contributed by atoms with Crippen LogP contribution in [0.3, 0.4) is 0 Å². The first-order valence-corrected chi connectivity index (χ1v) is 8.40. The standard InChI is InChI=1S/C13H14ClFN2O5S/c1-22-12(18)7-11-13(19)16-4-5-17(11)23(20,21)8-2-3-10(15)9(14)6-8/h2-3,6,11H,4-5,7H2,1H3,(H,16,19). The van der Waals surface area contributed by atoms with E-state index in [2.05, 4.69) is 10.1 Å². The van der Waals surface area contributed by atoms with E-state index in [9.17, 15) is 22.4 Å². The highest BCUT2D eigenvalue weighted by atomic mass is 35.5. The van der Waals surface area contributed by atoms with Gasteiger partial charge in [0.1, 0.15) is 11.9 Å². The molecule has 1 heterocycles. The van der Waals surface area contributed by atoms with Crippen LogP contribution in [0.15, 0.2) is 23.1 Å². The number of ether oxygens (including phenoxy) is 1. The second-order valence-electron chi connectivity index (χ2n) is 4.78. The molecule has 1 unspecified atom stereocenters. The molecule has 0 aromatic heterocycles. The molecule has 0 radical (unpaired) electrons. The SMILES string of the molecule is COC(=O)CC1C(=O)NCCN1S(=O)(=O)c1ccc(F)c(Cl)c1. The highest BCUT2D eigenvalue weighted by Gasteiger charge is 2.40. The molecule has 0 saturated carbocycles. The van der Waals surface area contributed by atoms with Gasteiger partial charge < -0.3 is 10.1 Å². The molecule has 1 amide bonds. The van der Waals surface area contributed by atoms with E-state index < -0.39 is 40.2 Å². The van der Waals surface area contributed by atoms with Crippen LogP contribution in [-0.2, 0) is 24.3 Å². The van der Waals surface area contributed by atoms with Crippen LogP contribution in [0.1, 0.15) is 6.42 Å². The topological polar surface area (TPSA) is 92.8 Å². The fraction of sp³-hybridized carbons (Fsp3) is 0.385. The van der Waals surface area contributed by atoms with Gasteiger partial charge in [0, 0.05) is 13.1 Å². The summed E-state index contributed by atoms with van der Waals surface area (Å²) in [6.07, 6.45) is -0.420. The Hall–Kier alpha value is -1.71. The van der Waals surface area contributed by atoms with E-state index in [-0.39, 0.29) is 23.0 Å². The molecule has 0 aliphatic carbocycles. The highest BCUT2D eigenvalue weighted by molar-refractivity contribution is 7.89. The third-order valence-electron chi connectivity index (χ3n) is 3.37. The first kappa shape index (κ1) is 17.6. The summed E-state index contributed by atoms with van der Waals surface area (Å²) in [4.78, 5) is 23.1. The molecule has 1 aromatic rings. The first-order chi connectivity index (χ1) is 10.8. The predicted molar refractivity (Wildman–Crippen MR) is 78.7 cm³/mol. The number of rotatable bonds is 4. The quantitative estimate of drug-likeness (QED) is 0.787. The van der Waals surface area contributed by atoms with Crippen molar-refractivity contribution in [1.29, 1.82) is 0 Å². The Bertz CT molecular complexity index is 740. The number of hydrogen-bond donors (Lipinski definition) is 1. The van der Waals surface area contributed by atoms with Crippen molar-refractivity contribution in [2.24, 2.45) is 0 Å². The maximum atomic E-state index is 13.2. The molecule has 10 heteroatoms. The Morgan fingerprint density at radius 3 is 2.83 bits per heavy atom. The van der Waals surface area contributed by atoms with Crippen LogP contribution in [0.5, 0.6) is 0 Å². The lowest BCUT2D eigenvalue weighted by molar-refractivity contribution is -0.144. The Kier molecular flexibility index (Phi) is 5.23. The van der Waals surface area contributed by atoms with E-state index in [4.69, 9.17) is 11.6 Å². The maximum absolute atomic E-state index is 13.2. The van der Waals surface area contributed by atoms with Crippen molar-refractivity contribution in [3.63, 3.8) is 0 Å². The number of nitrogens with zero attached hydrogens (tertiary/aromatic N) is 1. The molecule has 1 fully saturated rings. The maximum Gasteiger partial charge on any atom is 0.307 e. The van der Waals surface area contributed by atoms with E-state index in [0.717, 1.165) is 29.6 Å². The summed E-state index contributed by atoms with van der Waals surface area (Å²) in [7, 11) is -2.98. The molecule has 126 valence electrons. The third-order valence-corrected chi connectivity index (χ3v) is 5.56. The molecule has 1 aromatic carbocycles. The molecule has 0 spiro atoms. The van der Waals surface area contributed by atoms with Gasteiger partial charge in [0.25, 0.3) is 0 Å². The molecular formula is C13H14ClFN2O5S. The molecule has 1 aliphatic heterocycles. The Morgan fingerprint density at radius 1 is 1.52 bits per heavy atom. The molecule has 0 bridgehead atoms. The highest BCUT2D eigenvalue weighted by Crippen LogP contribution is 2.25. The lowest BCUT2D eigenvalue weighted by Crippen LogP contribution is -2.57. The number of halogens is 2. The lowest BCUT2D eigenvalue weighted by atomic mass is 10.1. The second-order valence-corrected chi connectivity index (χ2v) is 7.08. The zero-order chi connectivity index (χ0) is 17.2. The van der Waals surface area contributed by atoms with Crippen LogP contribution in [0.4, 0.5) is 4.39 Å². The van der Waals surface area contributed by atoms with Gasteiger partial charge in [0.05, 0.1) is 23.4 Å². The lowest BCUT2D eigenvalue weighted by Gasteiger charge is -2.33. The number of carbonyl (C=O) groups is 2. The largest absolute Gasteiger partial charge is 0.469 e. The predicted octanol–water partition coefficient (Wildman–Crippen LogP) is 0.531. The summed E-state index contributed by atoms with van der Waals surface area (Å²) < 4.78 is 44.0. The van der Waals surface area contributed by atoms with Crippen molar-refractivity contribution in [3.8, 4) is 0 Å². The summed E-state index contributed by atoms with van der Waals surface area (Å²) in [6.45, 7) is 0.0788. The fourth-order valence-electron chi connectivity index (χ4n) is 2.19. The van der Waals surface area contributed by atoms with Crippen molar-refractivity contribution in [2.45, 2.75) is 17.4 Å². The summed E-state index contributed by atoms with van der Waals surface area (Å²) in [6, 6.07) is 1.71. The smallest absolute Gasteiger partial charge is 0.307 e. The van der Waals surface area contributed by atoms with Gasteiger partial charge in [0.2, 0.25) is 15.9 Å². The molecule has 1 aliphatic rings. The third kappa shape index (κ3) is 3.62. The summed E-state index contributed by atoms with van der Waals surface area (Å²) >= 11 is 5.62. The van der Waals surface area contributed by atoms with E-state index in [1.165, 1.54) is 0 Å². The van der Waals surface area contributed by atoms with Gasteiger partial charge in [-0.15, -0.1) is 0 Å². The molecule has 2 rings (SSSR count). The number of esters is 1. The average molecular weight is 365 g/mol. The van der Waals surface area contributed by atoms with Gasteiger partial charge >= 0.3 is 5.97 Å². The van der Waals surface area contributed by atoms with Gasteiger partial charge in [-0.2, -0.15) is 4.31 Å². The van der Waals surface area contributed by atoms with Gasteiger partial charge in [-0.25, -0.2) is 12.8 Å². The number of piperazine rings is 1. The van der Waals surface area contributed by atoms with E-state index in [0.29, 0.717) is 0 Å². The summed E-state index contributed by atoms with van der Waals surface area (Å²) in [5.41, 5.74) is 0. The van der Waals surface area contributed by atoms with Crippen LogP contribution < -0.4 is 5.32 Å². The van der Waals surface area contributed by atoms with Gasteiger partial charge in [-0.05, 0) is 18.2 Å². The van der Waals surface area contributed by atoms with Crippen molar-refractivity contribution in [3.05, 3.63) is 29.0 Å².